The zero-order chi connectivity index (χ0) is 12.0. The van der Waals surface area contributed by atoms with Crippen molar-refractivity contribution in [2.24, 2.45) is 0 Å². The number of hydrogen-bond donors (Lipinski definition) is 1. The molecule has 0 unspecified atom stereocenters. The Hall–Kier alpha value is -1.35. The molecule has 0 spiro atoms. The first-order valence-corrected chi connectivity index (χ1v) is 5.56. The average molecular weight is 221 g/mol. The van der Waals surface area contributed by atoms with E-state index in [1.54, 1.807) is 0 Å². The molecule has 0 heterocycles. The van der Waals surface area contributed by atoms with E-state index >= 15 is 0 Å². The van der Waals surface area contributed by atoms with Gasteiger partial charge in [-0.15, -0.1) is 0 Å². The minimum atomic E-state index is -0.126. The van der Waals surface area contributed by atoms with Crippen LogP contribution >= 0.6 is 0 Å². The van der Waals surface area contributed by atoms with Crippen molar-refractivity contribution >= 4 is 11.6 Å². The normalized spacial score (nSPS) is 12.2. The van der Waals surface area contributed by atoms with Crippen molar-refractivity contribution in [2.45, 2.75) is 26.2 Å². The van der Waals surface area contributed by atoms with Crippen LogP contribution in [0.4, 0.5) is 5.69 Å². The SMILES string of the molecule is CC[C@@H](C)c1ccc(NC(=O)COC)cc1. The molecule has 0 fully saturated rings. The minimum Gasteiger partial charge on any atom is -0.375 e. The molecule has 1 amide bonds. The van der Waals surface area contributed by atoms with Crippen LogP contribution in [0.15, 0.2) is 24.3 Å². The van der Waals surface area contributed by atoms with Crippen molar-refractivity contribution in [3.8, 4) is 0 Å². The van der Waals surface area contributed by atoms with Crippen molar-refractivity contribution in [1.29, 1.82) is 0 Å². The fourth-order valence-corrected chi connectivity index (χ4v) is 1.46. The third-order valence-corrected chi connectivity index (χ3v) is 2.65. The highest BCUT2D eigenvalue weighted by Crippen LogP contribution is 2.20. The molecule has 0 bridgehead atoms. The van der Waals surface area contributed by atoms with Crippen molar-refractivity contribution in [3.63, 3.8) is 0 Å². The third-order valence-electron chi connectivity index (χ3n) is 2.65. The molecule has 88 valence electrons. The van der Waals surface area contributed by atoms with Gasteiger partial charge in [0.25, 0.3) is 0 Å². The first-order valence-electron chi connectivity index (χ1n) is 5.56. The number of methoxy groups -OCH3 is 1. The largest absolute Gasteiger partial charge is 0.375 e. The Morgan fingerprint density at radius 1 is 1.38 bits per heavy atom. The van der Waals surface area contributed by atoms with Crippen LogP contribution in [-0.2, 0) is 9.53 Å². The molecule has 0 saturated carbocycles. The number of carbonyl (C=O) groups excluding carboxylic acids is 1. The van der Waals surface area contributed by atoms with E-state index in [0.717, 1.165) is 12.1 Å². The van der Waals surface area contributed by atoms with Crippen LogP contribution < -0.4 is 5.32 Å². The van der Waals surface area contributed by atoms with Crippen LogP contribution in [0.5, 0.6) is 0 Å². The molecular weight excluding hydrogens is 202 g/mol. The lowest BCUT2D eigenvalue weighted by molar-refractivity contribution is -0.119. The van der Waals surface area contributed by atoms with Crippen molar-refractivity contribution in [1.82, 2.24) is 0 Å². The number of ether oxygens (including phenoxy) is 1. The number of rotatable bonds is 5. The number of anilines is 1. The van der Waals surface area contributed by atoms with Gasteiger partial charge in [0, 0.05) is 12.8 Å². The molecule has 1 aromatic rings. The summed E-state index contributed by atoms with van der Waals surface area (Å²) in [5, 5.41) is 2.76. The second-order valence-electron chi connectivity index (χ2n) is 3.91. The van der Waals surface area contributed by atoms with Gasteiger partial charge in [0.2, 0.25) is 5.91 Å². The maximum Gasteiger partial charge on any atom is 0.250 e. The summed E-state index contributed by atoms with van der Waals surface area (Å²) >= 11 is 0. The van der Waals surface area contributed by atoms with Crippen LogP contribution in [0.2, 0.25) is 0 Å². The summed E-state index contributed by atoms with van der Waals surface area (Å²) in [5.41, 5.74) is 2.11. The fraction of sp³-hybridized carbons (Fsp3) is 0.462. The molecule has 0 aliphatic rings. The van der Waals surface area contributed by atoms with E-state index in [4.69, 9.17) is 4.74 Å². The fourth-order valence-electron chi connectivity index (χ4n) is 1.46. The molecular formula is C13H19NO2. The van der Waals surface area contributed by atoms with Crippen LogP contribution in [0.25, 0.3) is 0 Å². The Balaban J connectivity index is 2.61. The number of hydrogen-bond acceptors (Lipinski definition) is 2. The molecule has 3 heteroatoms. The van der Waals surface area contributed by atoms with Gasteiger partial charge in [0.1, 0.15) is 6.61 Å². The Labute approximate surface area is 96.8 Å². The van der Waals surface area contributed by atoms with Crippen LogP contribution in [-0.4, -0.2) is 19.6 Å². The second-order valence-corrected chi connectivity index (χ2v) is 3.91. The smallest absolute Gasteiger partial charge is 0.250 e. The quantitative estimate of drug-likeness (QED) is 0.830. The van der Waals surface area contributed by atoms with E-state index in [-0.39, 0.29) is 12.5 Å². The molecule has 1 rings (SSSR count). The third kappa shape index (κ3) is 3.66. The molecule has 0 aliphatic heterocycles. The molecule has 0 radical (unpaired) electrons. The van der Waals surface area contributed by atoms with Crippen LogP contribution in [0.1, 0.15) is 31.7 Å². The van der Waals surface area contributed by atoms with Gasteiger partial charge >= 0.3 is 0 Å². The van der Waals surface area contributed by atoms with Gasteiger partial charge in [-0.2, -0.15) is 0 Å². The van der Waals surface area contributed by atoms with E-state index in [1.165, 1.54) is 12.7 Å². The Kier molecular flexibility index (Phi) is 4.99. The standard InChI is InChI=1S/C13H19NO2/c1-4-10(2)11-5-7-12(8-6-11)14-13(15)9-16-3/h5-8,10H,4,9H2,1-3H3,(H,14,15)/t10-/m1/s1. The van der Waals surface area contributed by atoms with Gasteiger partial charge in [-0.1, -0.05) is 26.0 Å². The molecule has 0 aromatic heterocycles. The average Bonchev–Trinajstić information content (AvgIpc) is 2.29. The molecule has 1 atom stereocenters. The van der Waals surface area contributed by atoms with Crippen molar-refractivity contribution in [3.05, 3.63) is 29.8 Å². The van der Waals surface area contributed by atoms with E-state index in [9.17, 15) is 4.79 Å². The predicted octanol–water partition coefficient (Wildman–Crippen LogP) is 2.79. The lowest BCUT2D eigenvalue weighted by Gasteiger charge is -2.10. The number of benzene rings is 1. The molecule has 0 saturated heterocycles. The van der Waals surface area contributed by atoms with Gasteiger partial charge in [-0.25, -0.2) is 0 Å². The molecule has 0 aliphatic carbocycles. The zero-order valence-electron chi connectivity index (χ0n) is 10.1. The second kappa shape index (κ2) is 6.28. The first kappa shape index (κ1) is 12.7. The maximum absolute atomic E-state index is 11.3. The van der Waals surface area contributed by atoms with Crippen molar-refractivity contribution in [2.75, 3.05) is 19.0 Å². The monoisotopic (exact) mass is 221 g/mol. The van der Waals surface area contributed by atoms with Gasteiger partial charge in [-0.05, 0) is 30.0 Å². The Morgan fingerprint density at radius 3 is 2.50 bits per heavy atom. The van der Waals surface area contributed by atoms with Crippen molar-refractivity contribution < 1.29 is 9.53 Å². The lowest BCUT2D eigenvalue weighted by Crippen LogP contribution is -2.16. The summed E-state index contributed by atoms with van der Waals surface area (Å²) in [4.78, 5) is 11.3. The topological polar surface area (TPSA) is 38.3 Å². The highest BCUT2D eigenvalue weighted by atomic mass is 16.5. The molecule has 16 heavy (non-hydrogen) atoms. The summed E-state index contributed by atoms with van der Waals surface area (Å²) in [6.07, 6.45) is 1.12. The van der Waals surface area contributed by atoms with E-state index in [1.807, 2.05) is 12.1 Å². The molecule has 3 nitrogen and oxygen atoms in total. The van der Waals surface area contributed by atoms with Crippen LogP contribution in [0, 0.1) is 0 Å². The Bertz CT molecular complexity index is 332. The van der Waals surface area contributed by atoms with Gasteiger partial charge in [0.15, 0.2) is 0 Å². The first-order chi connectivity index (χ1) is 7.67. The van der Waals surface area contributed by atoms with Gasteiger partial charge in [-0.3, -0.25) is 4.79 Å². The Morgan fingerprint density at radius 2 is 2.00 bits per heavy atom. The summed E-state index contributed by atoms with van der Waals surface area (Å²) in [6.45, 7) is 4.45. The number of nitrogens with one attached hydrogen (secondary N) is 1. The van der Waals surface area contributed by atoms with E-state index in [2.05, 4.69) is 31.3 Å². The molecule has 1 N–H and O–H groups in total. The van der Waals surface area contributed by atoms with Gasteiger partial charge < -0.3 is 10.1 Å². The highest BCUT2D eigenvalue weighted by Gasteiger charge is 2.04. The lowest BCUT2D eigenvalue weighted by atomic mass is 9.99. The zero-order valence-corrected chi connectivity index (χ0v) is 10.1. The van der Waals surface area contributed by atoms with Crippen LogP contribution in [0.3, 0.4) is 0 Å². The summed E-state index contributed by atoms with van der Waals surface area (Å²) in [5.74, 6) is 0.433. The number of carbonyl (C=O) groups is 1. The molecule has 1 aromatic carbocycles. The minimum absolute atomic E-state index is 0.0904. The maximum atomic E-state index is 11.3. The van der Waals surface area contributed by atoms with E-state index < -0.39 is 0 Å². The summed E-state index contributed by atoms with van der Waals surface area (Å²) in [6, 6.07) is 7.96. The summed E-state index contributed by atoms with van der Waals surface area (Å²) in [7, 11) is 1.51. The van der Waals surface area contributed by atoms with Gasteiger partial charge in [0.05, 0.1) is 0 Å². The predicted molar refractivity (Wildman–Crippen MR) is 65.7 cm³/mol. The number of amides is 1. The highest BCUT2D eigenvalue weighted by molar-refractivity contribution is 5.91. The van der Waals surface area contributed by atoms with E-state index in [0.29, 0.717) is 5.92 Å². The summed E-state index contributed by atoms with van der Waals surface area (Å²) < 4.78 is 4.74.